The van der Waals surface area contributed by atoms with Gasteiger partial charge in [-0.05, 0) is 43.2 Å². The monoisotopic (exact) mass is 340 g/mol. The van der Waals surface area contributed by atoms with E-state index in [1.54, 1.807) is 18.2 Å². The van der Waals surface area contributed by atoms with Crippen LogP contribution in [0.15, 0.2) is 42.5 Å². The van der Waals surface area contributed by atoms with Crippen molar-refractivity contribution in [1.29, 1.82) is 0 Å². The molecule has 0 unspecified atom stereocenters. The van der Waals surface area contributed by atoms with Gasteiger partial charge >= 0.3 is 6.03 Å². The van der Waals surface area contributed by atoms with E-state index in [1.165, 1.54) is 6.07 Å². The number of urea groups is 1. The van der Waals surface area contributed by atoms with Crippen molar-refractivity contribution in [3.05, 3.63) is 59.2 Å². The molecule has 0 aliphatic rings. The molecule has 0 saturated carbocycles. The summed E-state index contributed by atoms with van der Waals surface area (Å²) in [7, 11) is 0. The van der Waals surface area contributed by atoms with Crippen molar-refractivity contribution in [2.24, 2.45) is 5.73 Å². The molecule has 0 saturated heterocycles. The molecule has 0 aromatic heterocycles. The van der Waals surface area contributed by atoms with Crippen LogP contribution in [-0.4, -0.2) is 24.4 Å². The summed E-state index contributed by atoms with van der Waals surface area (Å²) in [5.74, 6) is -0.748. The fraction of sp³-hybridized carbons (Fsp3) is 0.167. The standard InChI is InChI=1S/C18H20N4O3/c1-11-5-3-6-12(2)16(11)22-15(23)10-20-17(24)13-7-4-8-14(9-13)21-18(19)25/h3-9H,10H2,1-2H3,(H,20,24)(H,22,23)(H3,19,21,25). The highest BCUT2D eigenvalue weighted by Crippen LogP contribution is 2.19. The van der Waals surface area contributed by atoms with Gasteiger partial charge in [-0.25, -0.2) is 4.79 Å². The summed E-state index contributed by atoms with van der Waals surface area (Å²) in [5.41, 5.74) is 8.40. The molecular weight excluding hydrogens is 320 g/mol. The Bertz CT molecular complexity index is 797. The Labute approximate surface area is 145 Å². The average Bonchev–Trinajstić information content (AvgIpc) is 2.56. The van der Waals surface area contributed by atoms with Crippen LogP contribution < -0.4 is 21.7 Å². The van der Waals surface area contributed by atoms with E-state index in [-0.39, 0.29) is 12.5 Å². The lowest BCUT2D eigenvalue weighted by Gasteiger charge is -2.12. The molecule has 0 aliphatic carbocycles. The van der Waals surface area contributed by atoms with Crippen LogP contribution in [0.1, 0.15) is 21.5 Å². The lowest BCUT2D eigenvalue weighted by atomic mass is 10.1. The minimum Gasteiger partial charge on any atom is -0.351 e. The van der Waals surface area contributed by atoms with Gasteiger partial charge in [0.25, 0.3) is 5.91 Å². The van der Waals surface area contributed by atoms with Crippen molar-refractivity contribution in [3.63, 3.8) is 0 Å². The SMILES string of the molecule is Cc1cccc(C)c1NC(=O)CNC(=O)c1cccc(NC(N)=O)c1. The summed E-state index contributed by atoms with van der Waals surface area (Å²) < 4.78 is 0. The van der Waals surface area contributed by atoms with Crippen molar-refractivity contribution >= 4 is 29.2 Å². The Morgan fingerprint density at radius 3 is 2.24 bits per heavy atom. The first-order chi connectivity index (χ1) is 11.9. The van der Waals surface area contributed by atoms with E-state index in [0.29, 0.717) is 11.3 Å². The number of carbonyl (C=O) groups excluding carboxylic acids is 3. The largest absolute Gasteiger partial charge is 0.351 e. The second-order valence-corrected chi connectivity index (χ2v) is 5.57. The third kappa shape index (κ3) is 5.07. The number of nitrogens with one attached hydrogen (secondary N) is 3. The quantitative estimate of drug-likeness (QED) is 0.669. The Kier molecular flexibility index (Phi) is 5.73. The lowest BCUT2D eigenvalue weighted by molar-refractivity contribution is -0.115. The van der Waals surface area contributed by atoms with Crippen LogP contribution in [0, 0.1) is 13.8 Å². The number of hydrogen-bond donors (Lipinski definition) is 4. The first-order valence-electron chi connectivity index (χ1n) is 7.67. The summed E-state index contributed by atoms with van der Waals surface area (Å²) in [6.07, 6.45) is 0. The molecule has 0 spiro atoms. The van der Waals surface area contributed by atoms with E-state index in [9.17, 15) is 14.4 Å². The number of amides is 4. The zero-order valence-corrected chi connectivity index (χ0v) is 14.1. The summed E-state index contributed by atoms with van der Waals surface area (Å²) in [4.78, 5) is 35.1. The van der Waals surface area contributed by atoms with Crippen LogP contribution in [-0.2, 0) is 4.79 Å². The molecule has 2 rings (SSSR count). The molecule has 0 bridgehead atoms. The van der Waals surface area contributed by atoms with Crippen LogP contribution in [0.2, 0.25) is 0 Å². The highest BCUT2D eigenvalue weighted by Gasteiger charge is 2.11. The first kappa shape index (κ1) is 18.0. The van der Waals surface area contributed by atoms with Crippen molar-refractivity contribution in [1.82, 2.24) is 5.32 Å². The molecule has 0 radical (unpaired) electrons. The third-order valence-corrected chi connectivity index (χ3v) is 3.55. The van der Waals surface area contributed by atoms with Crippen LogP contribution in [0.25, 0.3) is 0 Å². The van der Waals surface area contributed by atoms with E-state index in [2.05, 4.69) is 16.0 Å². The van der Waals surface area contributed by atoms with Crippen molar-refractivity contribution in [2.75, 3.05) is 17.2 Å². The molecule has 0 fully saturated rings. The molecule has 25 heavy (non-hydrogen) atoms. The number of hydrogen-bond acceptors (Lipinski definition) is 3. The predicted molar refractivity (Wildman–Crippen MR) is 96.5 cm³/mol. The number of carbonyl (C=O) groups is 3. The molecule has 5 N–H and O–H groups in total. The summed E-state index contributed by atoms with van der Waals surface area (Å²) in [5, 5.41) is 7.73. The predicted octanol–water partition coefficient (Wildman–Crippen LogP) is 2.16. The second-order valence-electron chi connectivity index (χ2n) is 5.57. The van der Waals surface area contributed by atoms with Gasteiger partial charge in [0.2, 0.25) is 5.91 Å². The van der Waals surface area contributed by atoms with Crippen LogP contribution in [0.5, 0.6) is 0 Å². The summed E-state index contributed by atoms with van der Waals surface area (Å²) >= 11 is 0. The zero-order chi connectivity index (χ0) is 18.4. The van der Waals surface area contributed by atoms with Gasteiger partial charge in [0.15, 0.2) is 0 Å². The van der Waals surface area contributed by atoms with Gasteiger partial charge in [-0.15, -0.1) is 0 Å². The zero-order valence-electron chi connectivity index (χ0n) is 14.1. The lowest BCUT2D eigenvalue weighted by Crippen LogP contribution is -2.33. The maximum Gasteiger partial charge on any atom is 0.316 e. The maximum absolute atomic E-state index is 12.1. The van der Waals surface area contributed by atoms with Crippen LogP contribution in [0.4, 0.5) is 16.2 Å². The van der Waals surface area contributed by atoms with Gasteiger partial charge in [-0.2, -0.15) is 0 Å². The van der Waals surface area contributed by atoms with E-state index < -0.39 is 11.9 Å². The van der Waals surface area contributed by atoms with Gasteiger partial charge in [-0.3, -0.25) is 9.59 Å². The Balaban J connectivity index is 1.95. The molecule has 2 aromatic rings. The molecule has 2 aromatic carbocycles. The van der Waals surface area contributed by atoms with Gasteiger partial charge in [0.1, 0.15) is 0 Å². The fourth-order valence-electron chi connectivity index (χ4n) is 2.34. The Morgan fingerprint density at radius 2 is 1.60 bits per heavy atom. The highest BCUT2D eigenvalue weighted by atomic mass is 16.2. The number of rotatable bonds is 5. The molecule has 7 nitrogen and oxygen atoms in total. The second kappa shape index (κ2) is 7.96. The van der Waals surface area contributed by atoms with Gasteiger partial charge in [-0.1, -0.05) is 24.3 Å². The van der Waals surface area contributed by atoms with E-state index >= 15 is 0 Å². The average molecular weight is 340 g/mol. The highest BCUT2D eigenvalue weighted by molar-refractivity contribution is 6.00. The van der Waals surface area contributed by atoms with E-state index in [1.807, 2.05) is 32.0 Å². The number of primary amides is 1. The van der Waals surface area contributed by atoms with Gasteiger partial charge in [0, 0.05) is 16.9 Å². The molecule has 0 atom stereocenters. The van der Waals surface area contributed by atoms with Crippen molar-refractivity contribution < 1.29 is 14.4 Å². The summed E-state index contributed by atoms with van der Waals surface area (Å²) in [6.45, 7) is 3.64. The number of nitrogens with two attached hydrogens (primary N) is 1. The van der Waals surface area contributed by atoms with Crippen molar-refractivity contribution in [3.8, 4) is 0 Å². The molecular formula is C18H20N4O3. The Morgan fingerprint density at radius 1 is 0.960 bits per heavy atom. The van der Waals surface area contributed by atoms with Crippen LogP contribution >= 0.6 is 0 Å². The number of aryl methyl sites for hydroxylation is 2. The summed E-state index contributed by atoms with van der Waals surface area (Å²) in [6, 6.07) is 11.3. The minimum atomic E-state index is -0.717. The molecule has 130 valence electrons. The third-order valence-electron chi connectivity index (χ3n) is 3.55. The smallest absolute Gasteiger partial charge is 0.316 e. The van der Waals surface area contributed by atoms with Gasteiger partial charge in [0.05, 0.1) is 6.54 Å². The topological polar surface area (TPSA) is 113 Å². The van der Waals surface area contributed by atoms with E-state index in [4.69, 9.17) is 5.73 Å². The number of anilines is 2. The molecule has 4 amide bonds. The molecule has 0 heterocycles. The van der Waals surface area contributed by atoms with Crippen molar-refractivity contribution in [2.45, 2.75) is 13.8 Å². The minimum absolute atomic E-state index is 0.167. The molecule has 7 heteroatoms. The normalized spacial score (nSPS) is 10.0. The number of para-hydroxylation sites is 1. The number of benzene rings is 2. The van der Waals surface area contributed by atoms with E-state index in [0.717, 1.165) is 16.8 Å². The van der Waals surface area contributed by atoms with Crippen LogP contribution in [0.3, 0.4) is 0 Å². The fourth-order valence-corrected chi connectivity index (χ4v) is 2.34. The maximum atomic E-state index is 12.1. The first-order valence-corrected chi connectivity index (χ1v) is 7.67. The van der Waals surface area contributed by atoms with Gasteiger partial charge < -0.3 is 21.7 Å². The Hall–Kier alpha value is -3.35. The molecule has 0 aliphatic heterocycles.